The molecule has 0 N–H and O–H groups in total. The molecule has 0 aliphatic rings. The van der Waals surface area contributed by atoms with E-state index in [2.05, 4.69) is 20.9 Å². The molecule has 5 heteroatoms. The molecule has 0 spiro atoms. The molecule has 0 bridgehead atoms. The van der Waals surface area contributed by atoms with Crippen molar-refractivity contribution in [2.45, 2.75) is 9.92 Å². The number of rotatable bonds is 3. The van der Waals surface area contributed by atoms with Gasteiger partial charge in [-0.3, -0.25) is 4.79 Å². The van der Waals surface area contributed by atoms with Gasteiger partial charge in [0.1, 0.15) is 10.8 Å². The summed E-state index contributed by atoms with van der Waals surface area (Å²) in [7, 11) is 0. The molecule has 0 aliphatic heterocycles. The molecule has 0 unspecified atom stereocenters. The largest absolute Gasteiger partial charge is 0.298 e. The Labute approximate surface area is 110 Å². The Bertz CT molecular complexity index is 562. The lowest BCUT2D eigenvalue weighted by atomic mass is 10.2. The van der Waals surface area contributed by atoms with Crippen LogP contribution >= 0.6 is 27.7 Å². The van der Waals surface area contributed by atoms with Crippen molar-refractivity contribution in [3.05, 3.63) is 52.4 Å². The fourth-order valence-electron chi connectivity index (χ4n) is 1.27. The highest BCUT2D eigenvalue weighted by atomic mass is 79.9. The molecule has 0 saturated carbocycles. The van der Waals surface area contributed by atoms with Crippen LogP contribution in [0.25, 0.3) is 0 Å². The Hall–Kier alpha value is -1.20. The van der Waals surface area contributed by atoms with Gasteiger partial charge in [-0.05, 0) is 40.2 Å². The molecule has 86 valence electrons. The third-order valence-corrected chi connectivity index (χ3v) is 4.06. The van der Waals surface area contributed by atoms with Gasteiger partial charge in [0, 0.05) is 11.1 Å². The zero-order valence-electron chi connectivity index (χ0n) is 8.56. The van der Waals surface area contributed by atoms with Crippen LogP contribution in [0.4, 0.5) is 4.39 Å². The lowest BCUT2D eigenvalue weighted by Crippen LogP contribution is -1.91. The Balaban J connectivity index is 2.40. The van der Waals surface area contributed by atoms with Crippen LogP contribution in [-0.4, -0.2) is 11.3 Å². The minimum absolute atomic E-state index is 0.0649. The fraction of sp³-hybridized carbons (Fsp3) is 0. The highest BCUT2D eigenvalue weighted by molar-refractivity contribution is 9.10. The van der Waals surface area contributed by atoms with Gasteiger partial charge >= 0.3 is 0 Å². The van der Waals surface area contributed by atoms with E-state index in [4.69, 9.17) is 0 Å². The van der Waals surface area contributed by atoms with Crippen LogP contribution in [-0.2, 0) is 0 Å². The Morgan fingerprint density at radius 3 is 2.82 bits per heavy atom. The molecule has 2 rings (SSSR count). The third-order valence-electron chi connectivity index (χ3n) is 2.06. The number of carbonyl (C=O) groups excluding carboxylic acids is 1. The molecule has 1 heterocycles. The molecule has 1 aromatic carbocycles. The minimum atomic E-state index is -0.517. The quantitative estimate of drug-likeness (QED) is 0.804. The van der Waals surface area contributed by atoms with Gasteiger partial charge in [-0.15, -0.1) is 0 Å². The molecule has 17 heavy (non-hydrogen) atoms. The lowest BCUT2D eigenvalue weighted by molar-refractivity contribution is 0.111. The smallest absolute Gasteiger partial charge is 0.154 e. The topological polar surface area (TPSA) is 30.0 Å². The summed E-state index contributed by atoms with van der Waals surface area (Å²) in [6.45, 7) is 0. The van der Waals surface area contributed by atoms with Gasteiger partial charge in [0.05, 0.1) is 10.0 Å². The van der Waals surface area contributed by atoms with E-state index >= 15 is 0 Å². The summed E-state index contributed by atoms with van der Waals surface area (Å²) in [5.41, 5.74) is 0.0649. The summed E-state index contributed by atoms with van der Waals surface area (Å²) in [4.78, 5) is 15.5. The first-order valence-corrected chi connectivity index (χ1v) is 6.35. The van der Waals surface area contributed by atoms with Crippen LogP contribution in [0.1, 0.15) is 10.4 Å². The standard InChI is InChI=1S/C12H7BrFNOS/c13-9-3-2-6-15-12(9)17-11-5-1-4-10(14)8(11)7-16/h1-7H. The third kappa shape index (κ3) is 2.73. The molecular weight excluding hydrogens is 305 g/mol. The molecule has 0 atom stereocenters. The lowest BCUT2D eigenvalue weighted by Gasteiger charge is -2.05. The summed E-state index contributed by atoms with van der Waals surface area (Å²) in [5.74, 6) is -0.517. The van der Waals surface area contributed by atoms with E-state index in [1.165, 1.54) is 17.8 Å². The number of pyridine rings is 1. The first-order valence-electron chi connectivity index (χ1n) is 4.74. The van der Waals surface area contributed by atoms with Crippen molar-refractivity contribution >= 4 is 34.0 Å². The van der Waals surface area contributed by atoms with Crippen LogP contribution in [0.15, 0.2) is 50.9 Å². The maximum Gasteiger partial charge on any atom is 0.154 e. The maximum absolute atomic E-state index is 13.4. The summed E-state index contributed by atoms with van der Waals surface area (Å²) in [6, 6.07) is 8.16. The van der Waals surface area contributed by atoms with Crippen LogP contribution in [0.2, 0.25) is 0 Å². The molecule has 2 aromatic rings. The number of benzene rings is 1. The summed E-state index contributed by atoms with van der Waals surface area (Å²) in [5, 5.41) is 0.696. The highest BCUT2D eigenvalue weighted by Gasteiger charge is 2.10. The molecule has 0 saturated heterocycles. The van der Waals surface area contributed by atoms with Crippen molar-refractivity contribution in [3.63, 3.8) is 0 Å². The van der Waals surface area contributed by atoms with E-state index in [-0.39, 0.29) is 5.56 Å². The number of nitrogens with zero attached hydrogens (tertiary/aromatic N) is 1. The van der Waals surface area contributed by atoms with Crippen molar-refractivity contribution < 1.29 is 9.18 Å². The van der Waals surface area contributed by atoms with Crippen LogP contribution in [0.3, 0.4) is 0 Å². The normalized spacial score (nSPS) is 10.2. The Morgan fingerprint density at radius 1 is 1.29 bits per heavy atom. The predicted molar refractivity (Wildman–Crippen MR) is 67.8 cm³/mol. The summed E-state index contributed by atoms with van der Waals surface area (Å²) in [6.07, 6.45) is 2.17. The first kappa shape index (κ1) is 12.3. The average Bonchev–Trinajstić information content (AvgIpc) is 2.32. The molecule has 0 amide bonds. The van der Waals surface area contributed by atoms with Crippen LogP contribution in [0.5, 0.6) is 0 Å². The van der Waals surface area contributed by atoms with E-state index in [1.807, 2.05) is 6.07 Å². The Kier molecular flexibility index (Phi) is 3.91. The highest BCUT2D eigenvalue weighted by Crippen LogP contribution is 2.33. The van der Waals surface area contributed by atoms with Crippen molar-refractivity contribution in [1.82, 2.24) is 4.98 Å². The molecule has 0 fully saturated rings. The van der Waals surface area contributed by atoms with Gasteiger partial charge in [0.15, 0.2) is 6.29 Å². The van der Waals surface area contributed by atoms with Crippen LogP contribution in [0, 0.1) is 5.82 Å². The molecule has 0 aliphatic carbocycles. The number of carbonyl (C=O) groups is 1. The summed E-state index contributed by atoms with van der Waals surface area (Å²) < 4.78 is 14.2. The number of hydrogen-bond acceptors (Lipinski definition) is 3. The van der Waals surface area contributed by atoms with Crippen molar-refractivity contribution in [2.24, 2.45) is 0 Å². The monoisotopic (exact) mass is 311 g/mol. The average molecular weight is 312 g/mol. The second-order valence-electron chi connectivity index (χ2n) is 3.16. The SMILES string of the molecule is O=Cc1c(F)cccc1Sc1ncccc1Br. The number of aldehydes is 1. The number of aromatic nitrogens is 1. The fourth-order valence-corrected chi connectivity index (χ4v) is 2.66. The van der Waals surface area contributed by atoms with E-state index in [0.29, 0.717) is 16.2 Å². The molecule has 2 nitrogen and oxygen atoms in total. The van der Waals surface area contributed by atoms with Gasteiger partial charge in [0.25, 0.3) is 0 Å². The van der Waals surface area contributed by atoms with Gasteiger partial charge in [-0.1, -0.05) is 17.8 Å². The maximum atomic E-state index is 13.4. The van der Waals surface area contributed by atoms with Gasteiger partial charge < -0.3 is 0 Å². The van der Waals surface area contributed by atoms with Crippen molar-refractivity contribution in [3.8, 4) is 0 Å². The number of hydrogen-bond donors (Lipinski definition) is 0. The van der Waals surface area contributed by atoms with Crippen molar-refractivity contribution in [2.75, 3.05) is 0 Å². The van der Waals surface area contributed by atoms with E-state index < -0.39 is 5.82 Å². The second-order valence-corrected chi connectivity index (χ2v) is 5.05. The minimum Gasteiger partial charge on any atom is -0.298 e. The van der Waals surface area contributed by atoms with Crippen molar-refractivity contribution in [1.29, 1.82) is 0 Å². The molecular formula is C12H7BrFNOS. The van der Waals surface area contributed by atoms with Gasteiger partial charge in [0.2, 0.25) is 0 Å². The molecule has 1 aromatic heterocycles. The second kappa shape index (κ2) is 5.42. The van der Waals surface area contributed by atoms with Crippen LogP contribution < -0.4 is 0 Å². The van der Waals surface area contributed by atoms with E-state index in [1.54, 1.807) is 24.4 Å². The summed E-state index contributed by atoms with van der Waals surface area (Å²) >= 11 is 4.60. The van der Waals surface area contributed by atoms with Gasteiger partial charge in [-0.2, -0.15) is 0 Å². The van der Waals surface area contributed by atoms with E-state index in [0.717, 1.165) is 4.47 Å². The van der Waals surface area contributed by atoms with E-state index in [9.17, 15) is 9.18 Å². The molecule has 0 radical (unpaired) electrons. The zero-order chi connectivity index (χ0) is 12.3. The zero-order valence-corrected chi connectivity index (χ0v) is 11.0. The first-order chi connectivity index (χ1) is 8.22. The number of halogens is 2. The van der Waals surface area contributed by atoms with Gasteiger partial charge in [-0.25, -0.2) is 9.37 Å². The predicted octanol–water partition coefficient (Wildman–Crippen LogP) is 3.95. The Morgan fingerprint density at radius 2 is 2.12 bits per heavy atom.